The molecule has 0 heterocycles. The summed E-state index contributed by atoms with van der Waals surface area (Å²) in [5.74, 6) is 1.00. The minimum atomic E-state index is -0.505. The van der Waals surface area contributed by atoms with Gasteiger partial charge in [-0.3, -0.25) is 4.79 Å². The van der Waals surface area contributed by atoms with E-state index in [-0.39, 0.29) is 27.1 Å². The first-order valence-electron chi connectivity index (χ1n) is 13.3. The fourth-order valence-corrected chi connectivity index (χ4v) is 10.2. The highest BCUT2D eigenvalue weighted by Gasteiger charge is 2.68. The van der Waals surface area contributed by atoms with Gasteiger partial charge in [0, 0.05) is 0 Å². The van der Waals surface area contributed by atoms with E-state index in [2.05, 4.69) is 66.7 Å². The maximum Gasteiger partial charge on any atom is 0.309 e. The number of aliphatic carboxylic acids is 1. The quantitative estimate of drug-likeness (QED) is 0.421. The predicted octanol–water partition coefficient (Wildman–Crippen LogP) is 8.04. The maximum absolute atomic E-state index is 12.8. The molecule has 0 aromatic carbocycles. The molecule has 3 saturated carbocycles. The first kappa shape index (κ1) is 22.7. The van der Waals surface area contributed by atoms with Crippen molar-refractivity contribution in [2.24, 2.45) is 50.2 Å². The van der Waals surface area contributed by atoms with Crippen LogP contribution >= 0.6 is 0 Å². The molecule has 0 bridgehead atoms. The van der Waals surface area contributed by atoms with Crippen molar-refractivity contribution in [2.75, 3.05) is 0 Å². The summed E-state index contributed by atoms with van der Waals surface area (Å²) < 4.78 is 0. The van der Waals surface area contributed by atoms with Crippen LogP contribution in [0.25, 0.3) is 0 Å². The molecule has 5 aliphatic carbocycles. The number of hydrogen-bond acceptors (Lipinski definition) is 1. The van der Waals surface area contributed by atoms with Gasteiger partial charge in [-0.1, -0.05) is 72.3 Å². The summed E-state index contributed by atoms with van der Waals surface area (Å²) in [6.45, 7) is 17.3. The number of rotatable bonds is 1. The Balaban J connectivity index is 1.61. The molecule has 0 radical (unpaired) electrons. The van der Waals surface area contributed by atoms with Crippen LogP contribution in [0.4, 0.5) is 0 Å². The summed E-state index contributed by atoms with van der Waals surface area (Å²) in [7, 11) is 0. The van der Waals surface area contributed by atoms with E-state index in [4.69, 9.17) is 0 Å². The third-order valence-corrected chi connectivity index (χ3v) is 12.3. The Hall–Kier alpha value is -1.05. The second kappa shape index (κ2) is 6.54. The molecule has 0 aliphatic heterocycles. The average molecular weight is 439 g/mol. The fraction of sp³-hybridized carbons (Fsp3) is 0.833. The normalized spacial score (nSPS) is 50.8. The van der Waals surface area contributed by atoms with E-state index in [0.717, 1.165) is 38.5 Å². The summed E-state index contributed by atoms with van der Waals surface area (Å²) in [5, 5.41) is 10.5. The molecule has 3 fully saturated rings. The van der Waals surface area contributed by atoms with Gasteiger partial charge in [-0.15, -0.1) is 0 Å². The Morgan fingerprint density at radius 1 is 0.938 bits per heavy atom. The smallest absolute Gasteiger partial charge is 0.309 e. The first-order chi connectivity index (χ1) is 14.7. The monoisotopic (exact) mass is 438 g/mol. The van der Waals surface area contributed by atoms with Gasteiger partial charge in [0.05, 0.1) is 5.41 Å². The molecule has 1 unspecified atom stereocenters. The lowest BCUT2D eigenvalue weighted by Gasteiger charge is -2.69. The third-order valence-electron chi connectivity index (χ3n) is 12.3. The van der Waals surface area contributed by atoms with Gasteiger partial charge in [0.1, 0.15) is 0 Å². The zero-order valence-corrected chi connectivity index (χ0v) is 21.7. The van der Waals surface area contributed by atoms with Crippen molar-refractivity contribution in [3.63, 3.8) is 0 Å². The van der Waals surface area contributed by atoms with E-state index >= 15 is 0 Å². The van der Waals surface area contributed by atoms with E-state index in [1.165, 1.54) is 19.3 Å². The minimum Gasteiger partial charge on any atom is -0.481 e. The molecule has 32 heavy (non-hydrogen) atoms. The van der Waals surface area contributed by atoms with Crippen LogP contribution in [0.2, 0.25) is 0 Å². The summed E-state index contributed by atoms with van der Waals surface area (Å²) in [5.41, 5.74) is 2.39. The van der Waals surface area contributed by atoms with Crippen molar-refractivity contribution < 1.29 is 9.90 Å². The van der Waals surface area contributed by atoms with Gasteiger partial charge < -0.3 is 5.11 Å². The molecule has 1 N–H and O–H groups in total. The molecule has 2 nitrogen and oxygen atoms in total. The second-order valence-electron chi connectivity index (χ2n) is 14.6. The standard InChI is InChI=1S/C30H46O2/c1-25(2)15-17-30(24(31)32)18-16-28(6)20(21(30)19-25)9-10-23-27(5)13-8-12-26(3,4)22(27)11-14-29(23,28)7/h8,10,12,20-22H,9,11,13-19H2,1-7H3,(H,31,32)/t20-,21-,22?,27+,28-,29-,30+/m1/s1. The molecule has 5 rings (SSSR count). The van der Waals surface area contributed by atoms with Crippen LogP contribution in [0, 0.1) is 50.2 Å². The molecule has 5 aliphatic rings. The minimum absolute atomic E-state index is 0.189. The second-order valence-corrected chi connectivity index (χ2v) is 14.6. The lowest BCUT2D eigenvalue weighted by molar-refractivity contribution is -0.188. The van der Waals surface area contributed by atoms with Crippen molar-refractivity contribution in [3.05, 3.63) is 23.8 Å². The lowest BCUT2D eigenvalue weighted by Crippen LogP contribution is -2.63. The van der Waals surface area contributed by atoms with Gasteiger partial charge in [0.15, 0.2) is 0 Å². The summed E-state index contributed by atoms with van der Waals surface area (Å²) >= 11 is 0. The molecule has 2 heteroatoms. The zero-order valence-electron chi connectivity index (χ0n) is 21.7. The topological polar surface area (TPSA) is 37.3 Å². The van der Waals surface area contributed by atoms with Crippen LogP contribution in [0.15, 0.2) is 23.8 Å². The van der Waals surface area contributed by atoms with Gasteiger partial charge in [-0.2, -0.15) is 0 Å². The molecule has 0 amide bonds. The first-order valence-corrected chi connectivity index (χ1v) is 13.3. The van der Waals surface area contributed by atoms with Crippen LogP contribution in [0.3, 0.4) is 0 Å². The third kappa shape index (κ3) is 2.67. The van der Waals surface area contributed by atoms with Crippen molar-refractivity contribution in [1.82, 2.24) is 0 Å². The van der Waals surface area contributed by atoms with E-state index in [9.17, 15) is 9.90 Å². The highest BCUT2D eigenvalue weighted by Crippen LogP contribution is 2.75. The summed E-state index contributed by atoms with van der Waals surface area (Å²) in [4.78, 5) is 12.8. The molecular formula is C30H46O2. The number of carboxylic acids is 1. The molecule has 0 spiro atoms. The Morgan fingerprint density at radius 2 is 1.62 bits per heavy atom. The Bertz CT molecular complexity index is 893. The largest absolute Gasteiger partial charge is 0.481 e. The number of carbonyl (C=O) groups is 1. The molecular weight excluding hydrogens is 392 g/mol. The molecule has 178 valence electrons. The van der Waals surface area contributed by atoms with Crippen molar-refractivity contribution >= 4 is 5.97 Å². The van der Waals surface area contributed by atoms with E-state index in [0.29, 0.717) is 17.8 Å². The van der Waals surface area contributed by atoms with E-state index in [1.807, 2.05) is 0 Å². The van der Waals surface area contributed by atoms with Crippen molar-refractivity contribution in [1.29, 1.82) is 0 Å². The van der Waals surface area contributed by atoms with Gasteiger partial charge in [-0.05, 0) is 103 Å². The predicted molar refractivity (Wildman–Crippen MR) is 131 cm³/mol. The van der Waals surface area contributed by atoms with Crippen LogP contribution < -0.4 is 0 Å². The number of carboxylic acid groups (broad SMARTS) is 1. The highest BCUT2D eigenvalue weighted by atomic mass is 16.4. The van der Waals surface area contributed by atoms with Gasteiger partial charge in [0.25, 0.3) is 0 Å². The lowest BCUT2D eigenvalue weighted by atomic mass is 9.34. The van der Waals surface area contributed by atoms with Crippen molar-refractivity contribution in [3.8, 4) is 0 Å². The van der Waals surface area contributed by atoms with Gasteiger partial charge in [-0.25, -0.2) is 0 Å². The zero-order chi connectivity index (χ0) is 23.4. The van der Waals surface area contributed by atoms with Gasteiger partial charge >= 0.3 is 5.97 Å². The number of allylic oxidation sites excluding steroid dienone is 4. The highest BCUT2D eigenvalue weighted by molar-refractivity contribution is 5.75. The summed E-state index contributed by atoms with van der Waals surface area (Å²) in [6, 6.07) is 0. The summed E-state index contributed by atoms with van der Waals surface area (Å²) in [6.07, 6.45) is 17.4. The van der Waals surface area contributed by atoms with Crippen LogP contribution in [0.1, 0.15) is 106 Å². The SMILES string of the molecule is CC1(C)CC[C@]2(C(=O)O)CC[C@]3(C)[C@H](CC=C4[C@@]5(C)CC=CC(C)(C)C5CC[C@]43C)[C@H]2C1. The molecule has 7 atom stereocenters. The molecule has 0 aromatic heterocycles. The van der Waals surface area contributed by atoms with Crippen LogP contribution in [-0.2, 0) is 4.79 Å². The molecule has 0 aromatic rings. The van der Waals surface area contributed by atoms with Crippen molar-refractivity contribution in [2.45, 2.75) is 106 Å². The van der Waals surface area contributed by atoms with Gasteiger partial charge in [0.2, 0.25) is 0 Å². The molecule has 0 saturated heterocycles. The fourth-order valence-electron chi connectivity index (χ4n) is 10.2. The van der Waals surface area contributed by atoms with E-state index in [1.54, 1.807) is 5.57 Å². The Kier molecular flexibility index (Phi) is 4.65. The Labute approximate surface area is 196 Å². The maximum atomic E-state index is 12.8. The Morgan fingerprint density at radius 3 is 2.31 bits per heavy atom. The number of fused-ring (bicyclic) bond motifs is 7. The number of hydrogen-bond donors (Lipinski definition) is 1. The average Bonchev–Trinajstić information content (AvgIpc) is 2.67. The van der Waals surface area contributed by atoms with Crippen LogP contribution in [-0.4, -0.2) is 11.1 Å². The van der Waals surface area contributed by atoms with E-state index < -0.39 is 11.4 Å². The van der Waals surface area contributed by atoms with Crippen LogP contribution in [0.5, 0.6) is 0 Å².